The molecule has 0 aromatic rings. The predicted molar refractivity (Wildman–Crippen MR) is 67.4 cm³/mol. The zero-order chi connectivity index (χ0) is 11.0. The number of nitrogens with two attached hydrogens (primary N) is 1. The summed E-state index contributed by atoms with van der Waals surface area (Å²) in [6.07, 6.45) is 5.71. The van der Waals surface area contributed by atoms with Gasteiger partial charge in [0.15, 0.2) is 0 Å². The first-order valence-electron chi connectivity index (χ1n) is 5.20. The molecule has 1 atom stereocenters. The molecule has 0 saturated heterocycles. The van der Waals surface area contributed by atoms with Crippen molar-refractivity contribution in [2.24, 2.45) is 5.73 Å². The van der Waals surface area contributed by atoms with Crippen LogP contribution in [-0.4, -0.2) is 56.1 Å². The lowest BCUT2D eigenvalue weighted by Crippen LogP contribution is -2.31. The quantitative estimate of drug-likeness (QED) is 0.473. The number of ether oxygens (including phenoxy) is 1. The molecule has 0 fully saturated rings. The molecule has 0 aromatic carbocycles. The largest absolute Gasteiger partial charge is 0.380 e. The Kier molecular flexibility index (Phi) is 8.67. The van der Waals surface area contributed by atoms with Crippen molar-refractivity contribution >= 4 is 10.9 Å². The smallest absolute Gasteiger partial charge is 0.0588 e. The molecule has 0 bridgehead atoms. The molecule has 3 nitrogen and oxygen atoms in total. The number of hydrogen-bond donors (Lipinski definition) is 2. The zero-order valence-corrected chi connectivity index (χ0v) is 10.9. The first kappa shape index (κ1) is 14.2. The molecule has 1 unspecified atom stereocenters. The third-order valence-electron chi connectivity index (χ3n) is 2.20. The summed E-state index contributed by atoms with van der Waals surface area (Å²) in [4.78, 5) is 2.41. The van der Waals surface area contributed by atoms with E-state index in [1.54, 1.807) is 0 Å². The zero-order valence-electron chi connectivity index (χ0n) is 9.99. The normalized spacial score (nSPS) is 14.6. The topological polar surface area (TPSA) is 38.5 Å². The lowest BCUT2D eigenvalue weighted by Gasteiger charge is -2.27. The molecule has 2 N–H and O–H groups in total. The maximum atomic E-state index is 5.36. The van der Waals surface area contributed by atoms with Gasteiger partial charge in [-0.1, -0.05) is 0 Å². The highest BCUT2D eigenvalue weighted by Gasteiger charge is 2.08. The van der Waals surface area contributed by atoms with Crippen molar-refractivity contribution in [2.75, 3.05) is 45.2 Å². The van der Waals surface area contributed by atoms with Crippen LogP contribution in [0.3, 0.4) is 0 Å². The Morgan fingerprint density at radius 3 is 2.50 bits per heavy atom. The lowest BCUT2D eigenvalue weighted by molar-refractivity contribution is 0.118. The minimum atomic E-state index is 0.171. The second kappa shape index (κ2) is 8.53. The minimum absolute atomic E-state index is 0.171. The van der Waals surface area contributed by atoms with Crippen LogP contribution in [0.5, 0.6) is 0 Å². The van der Waals surface area contributed by atoms with E-state index in [1.807, 2.05) is 0 Å². The Morgan fingerprint density at radius 1 is 1.36 bits per heavy atom. The van der Waals surface area contributed by atoms with Gasteiger partial charge in [0.1, 0.15) is 0 Å². The summed E-state index contributed by atoms with van der Waals surface area (Å²) < 4.78 is 5.36. The third kappa shape index (κ3) is 7.62. The van der Waals surface area contributed by atoms with Gasteiger partial charge in [-0.05, 0) is 32.9 Å². The average molecular weight is 222 g/mol. The number of hydrogen-bond acceptors (Lipinski definition) is 3. The van der Waals surface area contributed by atoms with Gasteiger partial charge in [-0.25, -0.2) is 10.9 Å². The summed E-state index contributed by atoms with van der Waals surface area (Å²) in [6, 6.07) is 0.609. The molecular weight excluding hydrogens is 196 g/mol. The van der Waals surface area contributed by atoms with E-state index in [4.69, 9.17) is 10.5 Å². The third-order valence-corrected chi connectivity index (χ3v) is 3.21. The van der Waals surface area contributed by atoms with Gasteiger partial charge in [0.05, 0.1) is 6.61 Å². The standard InChI is InChI=1S/C10H26N2OS/c1-10(5-7-13-8-6-11)12(2)9-14(3)4/h10,14H,5-9,11H2,1-4H3. The lowest BCUT2D eigenvalue weighted by atomic mass is 10.2. The second-order valence-corrected chi connectivity index (χ2v) is 6.46. The Balaban J connectivity index is 3.46. The van der Waals surface area contributed by atoms with Gasteiger partial charge in [-0.2, -0.15) is 0 Å². The molecule has 0 aliphatic carbocycles. The summed E-state index contributed by atoms with van der Waals surface area (Å²) in [5.74, 6) is 1.22. The van der Waals surface area contributed by atoms with Crippen molar-refractivity contribution < 1.29 is 4.74 Å². The summed E-state index contributed by atoms with van der Waals surface area (Å²) in [6.45, 7) is 4.39. The summed E-state index contributed by atoms with van der Waals surface area (Å²) in [7, 11) is 2.36. The van der Waals surface area contributed by atoms with Crippen molar-refractivity contribution in [1.29, 1.82) is 0 Å². The van der Waals surface area contributed by atoms with E-state index in [0.29, 0.717) is 19.2 Å². The molecular formula is C10H26N2OS. The van der Waals surface area contributed by atoms with Crippen molar-refractivity contribution in [2.45, 2.75) is 19.4 Å². The highest BCUT2D eigenvalue weighted by molar-refractivity contribution is 8.15. The van der Waals surface area contributed by atoms with Crippen LogP contribution in [-0.2, 0) is 4.74 Å². The molecule has 0 spiro atoms. The Morgan fingerprint density at radius 2 is 2.00 bits per heavy atom. The monoisotopic (exact) mass is 222 g/mol. The summed E-state index contributed by atoms with van der Waals surface area (Å²) >= 11 is 0. The first-order valence-corrected chi connectivity index (χ1v) is 7.62. The Labute approximate surface area is 91.3 Å². The molecule has 0 aliphatic heterocycles. The van der Waals surface area contributed by atoms with Crippen LogP contribution in [0.25, 0.3) is 0 Å². The fraction of sp³-hybridized carbons (Fsp3) is 1.00. The first-order chi connectivity index (χ1) is 6.57. The predicted octanol–water partition coefficient (Wildman–Crippen LogP) is 0.890. The number of nitrogens with zero attached hydrogens (tertiary/aromatic N) is 1. The van der Waals surface area contributed by atoms with Gasteiger partial charge in [0, 0.05) is 25.1 Å². The average Bonchev–Trinajstić information content (AvgIpc) is 2.11. The Bertz CT molecular complexity index is 133. The SMILES string of the molecule is CC(CCOCCN)N(C)C[SH](C)C. The van der Waals surface area contributed by atoms with Gasteiger partial charge >= 0.3 is 0 Å². The van der Waals surface area contributed by atoms with Gasteiger partial charge in [0.2, 0.25) is 0 Å². The molecule has 0 heterocycles. The fourth-order valence-corrected chi connectivity index (χ4v) is 2.42. The molecule has 0 aliphatic rings. The van der Waals surface area contributed by atoms with Crippen molar-refractivity contribution in [3.8, 4) is 0 Å². The van der Waals surface area contributed by atoms with Crippen LogP contribution < -0.4 is 5.73 Å². The summed E-state index contributed by atoms with van der Waals surface area (Å²) in [5.41, 5.74) is 5.34. The highest BCUT2D eigenvalue weighted by atomic mass is 32.2. The Hall–Kier alpha value is 0.230. The van der Waals surface area contributed by atoms with E-state index in [0.717, 1.165) is 13.0 Å². The van der Waals surface area contributed by atoms with Crippen LogP contribution in [0.1, 0.15) is 13.3 Å². The van der Waals surface area contributed by atoms with Crippen molar-refractivity contribution in [3.63, 3.8) is 0 Å². The molecule has 0 rings (SSSR count). The van der Waals surface area contributed by atoms with Crippen LogP contribution in [0.4, 0.5) is 0 Å². The van der Waals surface area contributed by atoms with Crippen LogP contribution >= 0.6 is 10.9 Å². The van der Waals surface area contributed by atoms with E-state index < -0.39 is 0 Å². The van der Waals surface area contributed by atoms with E-state index >= 15 is 0 Å². The van der Waals surface area contributed by atoms with Gasteiger partial charge in [-0.3, -0.25) is 4.90 Å². The van der Waals surface area contributed by atoms with Crippen LogP contribution in [0.2, 0.25) is 0 Å². The van der Waals surface area contributed by atoms with Gasteiger partial charge in [0.25, 0.3) is 0 Å². The molecule has 0 amide bonds. The number of thiol groups is 1. The molecule has 14 heavy (non-hydrogen) atoms. The second-order valence-electron chi connectivity index (χ2n) is 4.02. The van der Waals surface area contributed by atoms with E-state index in [-0.39, 0.29) is 10.9 Å². The van der Waals surface area contributed by atoms with Crippen LogP contribution in [0.15, 0.2) is 0 Å². The van der Waals surface area contributed by atoms with Crippen LogP contribution in [0, 0.1) is 0 Å². The summed E-state index contributed by atoms with van der Waals surface area (Å²) in [5, 5.41) is 0. The number of rotatable bonds is 8. The van der Waals surface area contributed by atoms with Crippen molar-refractivity contribution in [1.82, 2.24) is 4.90 Å². The molecule has 0 aromatic heterocycles. The maximum Gasteiger partial charge on any atom is 0.0588 e. The fourth-order valence-electron chi connectivity index (χ4n) is 1.25. The minimum Gasteiger partial charge on any atom is -0.380 e. The van der Waals surface area contributed by atoms with E-state index in [9.17, 15) is 0 Å². The molecule has 4 heteroatoms. The van der Waals surface area contributed by atoms with E-state index in [1.165, 1.54) is 5.88 Å². The van der Waals surface area contributed by atoms with Gasteiger partial charge in [-0.15, -0.1) is 0 Å². The van der Waals surface area contributed by atoms with E-state index in [2.05, 4.69) is 31.4 Å². The maximum absolute atomic E-state index is 5.36. The molecule has 0 radical (unpaired) electrons. The van der Waals surface area contributed by atoms with Gasteiger partial charge < -0.3 is 10.5 Å². The molecule has 88 valence electrons. The molecule has 0 saturated carbocycles. The van der Waals surface area contributed by atoms with Crippen molar-refractivity contribution in [3.05, 3.63) is 0 Å². The highest BCUT2D eigenvalue weighted by Crippen LogP contribution is 2.16.